The third kappa shape index (κ3) is 1.98. The molecule has 0 saturated carbocycles. The molecular weight excluding hydrogens is 202 g/mol. The van der Waals surface area contributed by atoms with E-state index < -0.39 is 11.6 Å². The van der Waals surface area contributed by atoms with Crippen LogP contribution in [0.25, 0.3) is 0 Å². The Kier molecular flexibility index (Phi) is 2.40. The summed E-state index contributed by atoms with van der Waals surface area (Å²) in [6.45, 7) is 1.33. The molecule has 0 fully saturated rings. The minimum absolute atomic E-state index is 0.0175. The van der Waals surface area contributed by atoms with Crippen LogP contribution in [0.2, 0.25) is 0 Å². The highest BCUT2D eigenvalue weighted by Crippen LogP contribution is 2.23. The van der Waals surface area contributed by atoms with Crippen molar-refractivity contribution in [3.63, 3.8) is 0 Å². The van der Waals surface area contributed by atoms with Gasteiger partial charge in [0.2, 0.25) is 0 Å². The molecule has 6 heteroatoms. The topological polar surface area (TPSA) is 62.4 Å². The zero-order valence-corrected chi connectivity index (χ0v) is 7.85. The third-order valence-electron chi connectivity index (χ3n) is 2.00. The second-order valence-electron chi connectivity index (χ2n) is 3.13. The highest BCUT2D eigenvalue weighted by atomic mass is 19.1. The lowest BCUT2D eigenvalue weighted by Gasteiger charge is -2.10. The molecule has 4 N–H and O–H groups in total. The van der Waals surface area contributed by atoms with E-state index >= 15 is 0 Å². The first-order chi connectivity index (χ1) is 7.16. The average Bonchev–Trinajstić information content (AvgIpc) is 2.63. The monoisotopic (exact) mass is 212 g/mol. The van der Waals surface area contributed by atoms with E-state index in [0.717, 1.165) is 12.1 Å². The molecule has 0 aromatic heterocycles. The van der Waals surface area contributed by atoms with Crippen LogP contribution in [0, 0.1) is 11.6 Å². The molecule has 4 nitrogen and oxygen atoms in total. The van der Waals surface area contributed by atoms with Gasteiger partial charge in [0.25, 0.3) is 0 Å². The Bertz CT molecular complexity index is 394. The number of hydrogen-bond donors (Lipinski definition) is 3. The predicted molar refractivity (Wildman–Crippen MR) is 54.7 cm³/mol. The summed E-state index contributed by atoms with van der Waals surface area (Å²) >= 11 is 0. The van der Waals surface area contributed by atoms with Crippen LogP contribution >= 0.6 is 0 Å². The summed E-state index contributed by atoms with van der Waals surface area (Å²) in [7, 11) is 0. The standard InChI is InChI=1S/C9H10F2N4/c10-5-3-6(11)8(7(12)4-5)15-9-13-1-2-14-9/h3-4H,1-2,12H2,(H2,13,14,15). The highest BCUT2D eigenvalue weighted by molar-refractivity contribution is 5.97. The Morgan fingerprint density at radius 2 is 2.20 bits per heavy atom. The summed E-state index contributed by atoms with van der Waals surface area (Å²) in [5.74, 6) is -0.979. The van der Waals surface area contributed by atoms with Crippen molar-refractivity contribution in [1.29, 1.82) is 0 Å². The molecule has 0 bridgehead atoms. The molecule has 1 aliphatic heterocycles. The number of hydrogen-bond acceptors (Lipinski definition) is 4. The van der Waals surface area contributed by atoms with Crippen LogP contribution in [-0.4, -0.2) is 19.0 Å². The SMILES string of the molecule is Nc1cc(F)cc(F)c1NC1=NCCN1. The van der Waals surface area contributed by atoms with Crippen molar-refractivity contribution in [3.8, 4) is 0 Å². The Labute approximate surface area is 85.2 Å². The summed E-state index contributed by atoms with van der Waals surface area (Å²) in [5.41, 5.74) is 5.54. The zero-order valence-electron chi connectivity index (χ0n) is 7.85. The second kappa shape index (κ2) is 3.72. The van der Waals surface area contributed by atoms with Gasteiger partial charge in [-0.1, -0.05) is 0 Å². The largest absolute Gasteiger partial charge is 0.397 e. The average molecular weight is 212 g/mol. The lowest BCUT2D eigenvalue weighted by atomic mass is 10.2. The third-order valence-corrected chi connectivity index (χ3v) is 2.00. The molecule has 15 heavy (non-hydrogen) atoms. The van der Waals surface area contributed by atoms with E-state index in [2.05, 4.69) is 15.6 Å². The van der Waals surface area contributed by atoms with E-state index in [-0.39, 0.29) is 11.4 Å². The normalized spacial score (nSPS) is 14.7. The van der Waals surface area contributed by atoms with Gasteiger partial charge in [0.05, 0.1) is 12.2 Å². The van der Waals surface area contributed by atoms with Crippen molar-refractivity contribution in [1.82, 2.24) is 5.32 Å². The van der Waals surface area contributed by atoms with Crippen LogP contribution in [-0.2, 0) is 0 Å². The maximum atomic E-state index is 13.3. The van der Waals surface area contributed by atoms with Gasteiger partial charge in [-0.2, -0.15) is 0 Å². The summed E-state index contributed by atoms with van der Waals surface area (Å²) in [5, 5.41) is 5.57. The van der Waals surface area contributed by atoms with Crippen LogP contribution in [0.1, 0.15) is 0 Å². The molecule has 0 spiro atoms. The first-order valence-electron chi connectivity index (χ1n) is 4.46. The smallest absolute Gasteiger partial charge is 0.196 e. The van der Waals surface area contributed by atoms with Gasteiger partial charge < -0.3 is 16.4 Å². The van der Waals surface area contributed by atoms with Gasteiger partial charge in [0, 0.05) is 12.6 Å². The fraction of sp³-hybridized carbons (Fsp3) is 0.222. The van der Waals surface area contributed by atoms with Crippen LogP contribution in [0.3, 0.4) is 0 Å². The summed E-state index contributed by atoms with van der Waals surface area (Å²) < 4.78 is 26.0. The molecule has 1 heterocycles. The molecule has 1 aliphatic rings. The fourth-order valence-electron chi connectivity index (χ4n) is 1.33. The van der Waals surface area contributed by atoms with Crippen molar-refractivity contribution in [2.24, 2.45) is 4.99 Å². The van der Waals surface area contributed by atoms with E-state index in [4.69, 9.17) is 5.73 Å². The molecule has 1 aromatic rings. The molecule has 0 amide bonds. The Balaban J connectivity index is 2.27. The van der Waals surface area contributed by atoms with E-state index in [1.54, 1.807) is 0 Å². The van der Waals surface area contributed by atoms with Gasteiger partial charge in [0.1, 0.15) is 11.5 Å². The van der Waals surface area contributed by atoms with Crippen LogP contribution in [0.5, 0.6) is 0 Å². The zero-order chi connectivity index (χ0) is 10.8. The maximum Gasteiger partial charge on any atom is 0.196 e. The Hall–Kier alpha value is -1.85. The predicted octanol–water partition coefficient (Wildman–Crippen LogP) is 0.918. The summed E-state index contributed by atoms with van der Waals surface area (Å²) in [6.07, 6.45) is 0. The molecule has 0 atom stereocenters. The fourth-order valence-corrected chi connectivity index (χ4v) is 1.33. The number of aliphatic imine (C=N–C) groups is 1. The van der Waals surface area contributed by atoms with E-state index in [9.17, 15) is 8.78 Å². The minimum atomic E-state index is -0.732. The van der Waals surface area contributed by atoms with Crippen LogP contribution < -0.4 is 16.4 Å². The number of nitrogens with two attached hydrogens (primary N) is 1. The minimum Gasteiger partial charge on any atom is -0.397 e. The van der Waals surface area contributed by atoms with E-state index in [0.29, 0.717) is 19.0 Å². The van der Waals surface area contributed by atoms with Crippen molar-refractivity contribution in [2.75, 3.05) is 24.1 Å². The molecular formula is C9H10F2N4. The van der Waals surface area contributed by atoms with Crippen molar-refractivity contribution < 1.29 is 8.78 Å². The quantitative estimate of drug-likeness (QED) is 0.606. The number of nitrogen functional groups attached to an aromatic ring is 1. The summed E-state index contributed by atoms with van der Waals surface area (Å²) in [4.78, 5) is 4.01. The first kappa shape index (κ1) is 9.70. The number of benzene rings is 1. The number of nitrogens with zero attached hydrogens (tertiary/aromatic N) is 1. The van der Waals surface area contributed by atoms with Gasteiger partial charge in [-0.25, -0.2) is 8.78 Å². The van der Waals surface area contributed by atoms with E-state index in [1.165, 1.54) is 0 Å². The first-order valence-corrected chi connectivity index (χ1v) is 4.46. The lowest BCUT2D eigenvalue weighted by Crippen LogP contribution is -2.27. The molecule has 0 aliphatic carbocycles. The van der Waals surface area contributed by atoms with Gasteiger partial charge in [-0.05, 0) is 6.07 Å². The number of nitrogens with one attached hydrogen (secondary N) is 2. The van der Waals surface area contributed by atoms with Gasteiger partial charge in [0.15, 0.2) is 11.8 Å². The molecule has 0 radical (unpaired) electrons. The second-order valence-corrected chi connectivity index (χ2v) is 3.13. The highest BCUT2D eigenvalue weighted by Gasteiger charge is 2.12. The molecule has 2 rings (SSSR count). The number of guanidine groups is 1. The number of rotatable bonds is 1. The van der Waals surface area contributed by atoms with Crippen molar-refractivity contribution in [2.45, 2.75) is 0 Å². The van der Waals surface area contributed by atoms with Gasteiger partial charge in [-0.3, -0.25) is 4.99 Å². The van der Waals surface area contributed by atoms with Gasteiger partial charge >= 0.3 is 0 Å². The molecule has 1 aromatic carbocycles. The van der Waals surface area contributed by atoms with Crippen LogP contribution in [0.15, 0.2) is 17.1 Å². The lowest BCUT2D eigenvalue weighted by molar-refractivity contribution is 0.587. The number of anilines is 2. The maximum absolute atomic E-state index is 13.3. The van der Waals surface area contributed by atoms with Gasteiger partial charge in [-0.15, -0.1) is 0 Å². The van der Waals surface area contributed by atoms with Crippen LogP contribution in [0.4, 0.5) is 20.2 Å². The molecule has 0 saturated heterocycles. The Morgan fingerprint density at radius 1 is 1.40 bits per heavy atom. The molecule has 80 valence electrons. The van der Waals surface area contributed by atoms with E-state index in [1.807, 2.05) is 0 Å². The van der Waals surface area contributed by atoms with Crippen molar-refractivity contribution in [3.05, 3.63) is 23.8 Å². The summed E-state index contributed by atoms with van der Waals surface area (Å²) in [6, 6.07) is 1.83. The molecule has 0 unspecified atom stereocenters. The van der Waals surface area contributed by atoms with Crippen molar-refractivity contribution >= 4 is 17.3 Å². The number of halogens is 2. The Morgan fingerprint density at radius 3 is 2.80 bits per heavy atom.